The third kappa shape index (κ3) is 10.3. The molecule has 1 aromatic heterocycles. The molecule has 0 saturated carbocycles. The van der Waals surface area contributed by atoms with Gasteiger partial charge in [-0.15, -0.1) is 0 Å². The molecule has 3 aromatic rings. The lowest BCUT2D eigenvalue weighted by atomic mass is 10.0. The number of phenolic OH excluding ortho intramolecular Hbond substituents is 1. The van der Waals surface area contributed by atoms with Crippen LogP contribution in [0.2, 0.25) is 5.15 Å². The van der Waals surface area contributed by atoms with Crippen LogP contribution in [-0.2, 0) is 19.3 Å². The molecule has 11 heteroatoms. The van der Waals surface area contributed by atoms with Gasteiger partial charge in [-0.2, -0.15) is 0 Å². The largest absolute Gasteiger partial charge is 0.508 e. The number of halogens is 1. The normalized spacial score (nSPS) is 11.7. The zero-order valence-corrected chi connectivity index (χ0v) is 23.6. The molecule has 0 aliphatic rings. The number of nitrogens with zero attached hydrogens (tertiary/aromatic N) is 2. The first-order chi connectivity index (χ1) is 19.2. The molecule has 0 aliphatic carbocycles. The number of carbonyl (C=O) groups excluding carboxylic acids is 1. The standard InChI is InChI=1S/C29H39ClN8O2/c1-19(34-17-15-22-9-5-10-23(39)18-22)6-4-8-21-13-11-20(12-14-21)7-2-3-16-35-29(33)38-28(40)24-26(31)37-27(32)25(30)36-24/h5,9-14,18-19,34,39H,2-4,6-8,15-17H2,1H3,(H4,31,32,37)(H3,33,35,38,40). The number of aromatic hydroxyl groups is 1. The number of hydrogen-bond acceptors (Lipinski definition) is 8. The maximum Gasteiger partial charge on any atom is 0.280 e. The molecule has 40 heavy (non-hydrogen) atoms. The molecule has 0 saturated heterocycles. The number of aromatic nitrogens is 2. The summed E-state index contributed by atoms with van der Waals surface area (Å²) in [6, 6.07) is 16.7. The number of phenols is 1. The molecule has 9 N–H and O–H groups in total. The Labute approximate surface area is 240 Å². The summed E-state index contributed by atoms with van der Waals surface area (Å²) in [6.45, 7) is 3.66. The fourth-order valence-electron chi connectivity index (χ4n) is 4.26. The highest BCUT2D eigenvalue weighted by Gasteiger charge is 2.17. The summed E-state index contributed by atoms with van der Waals surface area (Å²) in [5.74, 6) is -0.721. The van der Waals surface area contributed by atoms with Crippen LogP contribution in [0.5, 0.6) is 5.75 Å². The highest BCUT2D eigenvalue weighted by Crippen LogP contribution is 2.17. The Balaban J connectivity index is 1.25. The SMILES string of the molecule is CC(CCCc1ccc(CCCCNC(=N)NC(=O)c2nc(Cl)c(N)nc2N)cc1)NCCc1cccc(O)c1. The average Bonchev–Trinajstić information content (AvgIpc) is 2.91. The van der Waals surface area contributed by atoms with E-state index in [2.05, 4.69) is 57.1 Å². The predicted octanol–water partition coefficient (Wildman–Crippen LogP) is 3.82. The first kappa shape index (κ1) is 30.6. The van der Waals surface area contributed by atoms with E-state index in [9.17, 15) is 9.90 Å². The number of nitrogen functional groups attached to an aromatic ring is 2. The third-order valence-electron chi connectivity index (χ3n) is 6.50. The molecule has 2 aromatic carbocycles. The van der Waals surface area contributed by atoms with Crippen LogP contribution in [0.15, 0.2) is 48.5 Å². The van der Waals surface area contributed by atoms with Crippen LogP contribution in [-0.4, -0.2) is 46.1 Å². The van der Waals surface area contributed by atoms with Gasteiger partial charge in [0.25, 0.3) is 5.91 Å². The van der Waals surface area contributed by atoms with E-state index in [4.69, 9.17) is 28.5 Å². The Hall–Kier alpha value is -3.89. The van der Waals surface area contributed by atoms with Crippen molar-refractivity contribution < 1.29 is 9.90 Å². The number of hydrogen-bond donors (Lipinski definition) is 7. The van der Waals surface area contributed by atoms with Gasteiger partial charge in [-0.25, -0.2) is 9.97 Å². The van der Waals surface area contributed by atoms with Crippen molar-refractivity contribution >= 4 is 35.1 Å². The zero-order chi connectivity index (χ0) is 28.9. The highest BCUT2D eigenvalue weighted by molar-refractivity contribution is 6.31. The van der Waals surface area contributed by atoms with Crippen LogP contribution in [0.1, 0.15) is 59.8 Å². The van der Waals surface area contributed by atoms with E-state index >= 15 is 0 Å². The van der Waals surface area contributed by atoms with Gasteiger partial charge in [0.2, 0.25) is 0 Å². The van der Waals surface area contributed by atoms with Crippen molar-refractivity contribution in [3.05, 3.63) is 76.1 Å². The minimum atomic E-state index is -0.680. The highest BCUT2D eigenvalue weighted by atomic mass is 35.5. The number of carbonyl (C=O) groups is 1. The Bertz CT molecular complexity index is 1270. The molecule has 3 rings (SSSR count). The van der Waals surface area contributed by atoms with Crippen LogP contribution in [0.25, 0.3) is 0 Å². The Morgan fingerprint density at radius 2 is 1.65 bits per heavy atom. The summed E-state index contributed by atoms with van der Waals surface area (Å²) in [5, 5.41) is 26.2. The summed E-state index contributed by atoms with van der Waals surface area (Å²) in [7, 11) is 0. The summed E-state index contributed by atoms with van der Waals surface area (Å²) in [5.41, 5.74) is 14.8. The van der Waals surface area contributed by atoms with Gasteiger partial charge in [0.05, 0.1) is 0 Å². The van der Waals surface area contributed by atoms with Crippen LogP contribution in [0.4, 0.5) is 11.6 Å². The number of benzene rings is 2. The lowest BCUT2D eigenvalue weighted by molar-refractivity contribution is 0.0971. The van der Waals surface area contributed by atoms with Crippen LogP contribution < -0.4 is 27.4 Å². The number of unbranched alkanes of at least 4 members (excludes halogenated alkanes) is 1. The van der Waals surface area contributed by atoms with Crippen LogP contribution >= 0.6 is 11.6 Å². The second kappa shape index (κ2) is 15.6. The molecule has 10 nitrogen and oxygen atoms in total. The van der Waals surface area contributed by atoms with Crippen molar-refractivity contribution in [1.29, 1.82) is 5.41 Å². The summed E-state index contributed by atoms with van der Waals surface area (Å²) in [4.78, 5) is 19.8. The van der Waals surface area contributed by atoms with Gasteiger partial charge >= 0.3 is 0 Å². The molecule has 0 radical (unpaired) electrons. The van der Waals surface area contributed by atoms with Crippen molar-refractivity contribution in [2.75, 3.05) is 24.6 Å². The number of nitrogens with one attached hydrogen (secondary N) is 4. The fraction of sp³-hybridized carbons (Fsp3) is 0.379. The molecule has 0 fully saturated rings. The van der Waals surface area contributed by atoms with Crippen molar-refractivity contribution in [3.8, 4) is 5.75 Å². The first-order valence-electron chi connectivity index (χ1n) is 13.5. The number of amides is 1. The van der Waals surface area contributed by atoms with Crippen molar-refractivity contribution in [1.82, 2.24) is 25.9 Å². The molecule has 0 spiro atoms. The van der Waals surface area contributed by atoms with Gasteiger partial charge in [-0.3, -0.25) is 15.5 Å². The molecule has 0 bridgehead atoms. The zero-order valence-electron chi connectivity index (χ0n) is 22.8. The molecule has 1 amide bonds. The Morgan fingerprint density at radius 1 is 0.950 bits per heavy atom. The number of aryl methyl sites for hydroxylation is 2. The third-order valence-corrected chi connectivity index (χ3v) is 6.77. The smallest absolute Gasteiger partial charge is 0.280 e. The topological polar surface area (TPSA) is 175 Å². The van der Waals surface area contributed by atoms with E-state index in [0.29, 0.717) is 18.3 Å². The second-order valence-electron chi connectivity index (χ2n) is 9.83. The molecular formula is C29H39ClN8O2. The Kier molecular flexibility index (Phi) is 12.0. The monoisotopic (exact) mass is 566 g/mol. The number of nitrogens with two attached hydrogens (primary N) is 2. The van der Waals surface area contributed by atoms with E-state index < -0.39 is 5.91 Å². The van der Waals surface area contributed by atoms with E-state index in [1.807, 2.05) is 18.2 Å². The molecule has 1 unspecified atom stereocenters. The Morgan fingerprint density at radius 3 is 2.35 bits per heavy atom. The van der Waals surface area contributed by atoms with Crippen molar-refractivity contribution in [3.63, 3.8) is 0 Å². The van der Waals surface area contributed by atoms with E-state index in [-0.39, 0.29) is 28.4 Å². The van der Waals surface area contributed by atoms with Crippen molar-refractivity contribution in [2.24, 2.45) is 0 Å². The van der Waals surface area contributed by atoms with Gasteiger partial charge in [0.1, 0.15) is 5.75 Å². The molecule has 0 aliphatic heterocycles. The lowest BCUT2D eigenvalue weighted by Crippen LogP contribution is -2.41. The van der Waals surface area contributed by atoms with Crippen LogP contribution in [0.3, 0.4) is 0 Å². The second-order valence-corrected chi connectivity index (χ2v) is 10.2. The van der Waals surface area contributed by atoms with Gasteiger partial charge < -0.3 is 27.2 Å². The lowest BCUT2D eigenvalue weighted by Gasteiger charge is -2.14. The minimum Gasteiger partial charge on any atom is -0.508 e. The first-order valence-corrected chi connectivity index (χ1v) is 13.9. The molecule has 214 valence electrons. The van der Waals surface area contributed by atoms with Gasteiger partial charge in [-0.05, 0) is 87.2 Å². The van der Waals surface area contributed by atoms with E-state index in [1.165, 1.54) is 11.1 Å². The average molecular weight is 567 g/mol. The summed E-state index contributed by atoms with van der Waals surface area (Å²) < 4.78 is 0. The van der Waals surface area contributed by atoms with E-state index in [1.54, 1.807) is 6.07 Å². The minimum absolute atomic E-state index is 0.0597. The number of anilines is 2. The summed E-state index contributed by atoms with van der Waals surface area (Å²) >= 11 is 5.80. The fourth-order valence-corrected chi connectivity index (χ4v) is 4.38. The maximum atomic E-state index is 12.3. The molecule has 1 heterocycles. The number of rotatable bonds is 14. The maximum absolute atomic E-state index is 12.3. The quantitative estimate of drug-likeness (QED) is 0.0875. The molecular weight excluding hydrogens is 528 g/mol. The van der Waals surface area contributed by atoms with Gasteiger partial charge in [-0.1, -0.05) is 48.0 Å². The summed E-state index contributed by atoms with van der Waals surface area (Å²) in [6.07, 6.45) is 6.92. The van der Waals surface area contributed by atoms with Gasteiger partial charge in [0, 0.05) is 12.6 Å². The van der Waals surface area contributed by atoms with Crippen LogP contribution in [0, 0.1) is 5.41 Å². The van der Waals surface area contributed by atoms with Crippen molar-refractivity contribution in [2.45, 2.75) is 57.9 Å². The number of guanidine groups is 1. The van der Waals surface area contributed by atoms with Gasteiger partial charge in [0.15, 0.2) is 28.4 Å². The van der Waals surface area contributed by atoms with E-state index in [0.717, 1.165) is 57.1 Å². The predicted molar refractivity (Wildman–Crippen MR) is 161 cm³/mol. The molecule has 1 atom stereocenters.